The largest absolute Gasteiger partial charge is 0.456 e. The van der Waals surface area contributed by atoms with Gasteiger partial charge in [-0.2, -0.15) is 5.10 Å². The van der Waals surface area contributed by atoms with Gasteiger partial charge in [-0.05, 0) is 30.3 Å². The van der Waals surface area contributed by atoms with Crippen molar-refractivity contribution in [3.63, 3.8) is 0 Å². The van der Waals surface area contributed by atoms with E-state index in [4.69, 9.17) is 4.74 Å². The van der Waals surface area contributed by atoms with Crippen LogP contribution in [0.2, 0.25) is 0 Å². The molecule has 0 saturated carbocycles. The van der Waals surface area contributed by atoms with E-state index in [9.17, 15) is 0 Å². The van der Waals surface area contributed by atoms with Gasteiger partial charge in [-0.15, -0.1) is 0 Å². The van der Waals surface area contributed by atoms with E-state index >= 15 is 0 Å². The van der Waals surface area contributed by atoms with Crippen LogP contribution < -0.4 is 9.64 Å². The summed E-state index contributed by atoms with van der Waals surface area (Å²) in [6.45, 7) is 0. The summed E-state index contributed by atoms with van der Waals surface area (Å²) in [5.41, 5.74) is 4.06. The molecule has 0 aliphatic carbocycles. The van der Waals surface area contributed by atoms with Crippen molar-refractivity contribution in [2.24, 2.45) is 7.05 Å². The highest BCUT2D eigenvalue weighted by molar-refractivity contribution is 5.93. The lowest BCUT2D eigenvalue weighted by molar-refractivity contribution is 0.481. The molecule has 126 valence electrons. The highest BCUT2D eigenvalue weighted by Crippen LogP contribution is 2.31. The number of anilines is 1. The fraction of sp³-hybridized carbons (Fsp3) is 0.158. The van der Waals surface area contributed by atoms with E-state index in [0.29, 0.717) is 5.75 Å². The first-order chi connectivity index (χ1) is 12.1. The van der Waals surface area contributed by atoms with Crippen LogP contribution in [-0.2, 0) is 7.05 Å². The predicted octanol–water partition coefficient (Wildman–Crippen LogP) is 3.82. The van der Waals surface area contributed by atoms with Crippen LogP contribution in [0, 0.1) is 0 Å². The Labute approximate surface area is 145 Å². The van der Waals surface area contributed by atoms with Gasteiger partial charge in [0.15, 0.2) is 0 Å². The van der Waals surface area contributed by atoms with Gasteiger partial charge in [-0.1, -0.05) is 0 Å². The van der Waals surface area contributed by atoms with Crippen LogP contribution in [0.15, 0.2) is 55.1 Å². The standard InChI is InChI=1S/C19H19N5O/c1-23(2)14-4-6-15(7-5-14)25-16-8-17-18(11-21-19(17)20-10-16)13-9-22-24(3)12-13/h4-12H,1-3H3,(H,20,21). The summed E-state index contributed by atoms with van der Waals surface area (Å²) in [6, 6.07) is 9.97. The number of aryl methyl sites for hydroxylation is 1. The summed E-state index contributed by atoms with van der Waals surface area (Å²) in [4.78, 5) is 9.71. The molecule has 1 N–H and O–H groups in total. The Kier molecular flexibility index (Phi) is 3.65. The molecule has 0 spiro atoms. The summed E-state index contributed by atoms with van der Waals surface area (Å²) in [5.74, 6) is 1.49. The summed E-state index contributed by atoms with van der Waals surface area (Å²) in [7, 11) is 5.93. The highest BCUT2D eigenvalue weighted by atomic mass is 16.5. The van der Waals surface area contributed by atoms with E-state index in [1.54, 1.807) is 10.9 Å². The van der Waals surface area contributed by atoms with Crippen molar-refractivity contribution in [3.8, 4) is 22.6 Å². The number of nitrogens with one attached hydrogen (secondary N) is 1. The van der Waals surface area contributed by atoms with Crippen molar-refractivity contribution in [1.82, 2.24) is 19.7 Å². The van der Waals surface area contributed by atoms with E-state index in [1.165, 1.54) is 0 Å². The fourth-order valence-electron chi connectivity index (χ4n) is 2.79. The van der Waals surface area contributed by atoms with Crippen molar-refractivity contribution in [1.29, 1.82) is 0 Å². The Bertz CT molecular complexity index is 1010. The van der Waals surface area contributed by atoms with Gasteiger partial charge in [0, 0.05) is 55.7 Å². The third kappa shape index (κ3) is 2.94. The van der Waals surface area contributed by atoms with Crippen LogP contribution in [0.4, 0.5) is 5.69 Å². The first kappa shape index (κ1) is 15.3. The molecule has 0 aliphatic heterocycles. The van der Waals surface area contributed by atoms with Gasteiger partial charge < -0.3 is 14.6 Å². The summed E-state index contributed by atoms with van der Waals surface area (Å²) < 4.78 is 7.76. The zero-order chi connectivity index (χ0) is 17.4. The SMILES string of the molecule is CN(C)c1ccc(Oc2cnc3[nH]cc(-c4cnn(C)c4)c3c2)cc1. The number of aromatic nitrogens is 4. The molecular formula is C19H19N5O. The zero-order valence-electron chi connectivity index (χ0n) is 14.4. The van der Waals surface area contributed by atoms with E-state index in [2.05, 4.69) is 20.0 Å². The number of H-pyrrole nitrogens is 1. The normalized spacial score (nSPS) is 11.0. The molecular weight excluding hydrogens is 314 g/mol. The molecule has 0 saturated heterocycles. The van der Waals surface area contributed by atoms with E-state index in [-0.39, 0.29) is 0 Å². The number of hydrogen-bond donors (Lipinski definition) is 1. The molecule has 3 aromatic heterocycles. The number of pyridine rings is 1. The van der Waals surface area contributed by atoms with Crippen molar-refractivity contribution < 1.29 is 4.74 Å². The number of ether oxygens (including phenoxy) is 1. The second-order valence-electron chi connectivity index (χ2n) is 6.16. The monoisotopic (exact) mass is 333 g/mol. The molecule has 4 rings (SSSR count). The van der Waals surface area contributed by atoms with Crippen molar-refractivity contribution in [3.05, 3.63) is 55.1 Å². The minimum absolute atomic E-state index is 0.704. The van der Waals surface area contributed by atoms with Gasteiger partial charge in [0.2, 0.25) is 0 Å². The van der Waals surface area contributed by atoms with Crippen molar-refractivity contribution in [2.75, 3.05) is 19.0 Å². The average molecular weight is 333 g/mol. The maximum atomic E-state index is 5.97. The summed E-state index contributed by atoms with van der Waals surface area (Å²) in [6.07, 6.45) is 7.50. The van der Waals surface area contributed by atoms with Gasteiger partial charge in [-0.25, -0.2) is 4.98 Å². The number of rotatable bonds is 4. The molecule has 0 atom stereocenters. The van der Waals surface area contributed by atoms with E-state index in [1.807, 2.05) is 70.1 Å². The minimum atomic E-state index is 0.704. The maximum Gasteiger partial charge on any atom is 0.146 e. The number of benzene rings is 1. The highest BCUT2D eigenvalue weighted by Gasteiger charge is 2.10. The molecule has 25 heavy (non-hydrogen) atoms. The topological polar surface area (TPSA) is 59.0 Å². The van der Waals surface area contributed by atoms with Crippen LogP contribution in [0.5, 0.6) is 11.5 Å². The molecule has 0 unspecified atom stereocenters. The van der Waals surface area contributed by atoms with E-state index < -0.39 is 0 Å². The first-order valence-electron chi connectivity index (χ1n) is 8.01. The van der Waals surface area contributed by atoms with Gasteiger partial charge >= 0.3 is 0 Å². The molecule has 0 fully saturated rings. The zero-order valence-corrected chi connectivity index (χ0v) is 14.4. The van der Waals surface area contributed by atoms with Gasteiger partial charge in [0.25, 0.3) is 0 Å². The second kappa shape index (κ2) is 5.98. The molecule has 4 aromatic rings. The second-order valence-corrected chi connectivity index (χ2v) is 6.16. The number of fused-ring (bicyclic) bond motifs is 1. The van der Waals surface area contributed by atoms with Crippen LogP contribution in [-0.4, -0.2) is 33.8 Å². The minimum Gasteiger partial charge on any atom is -0.456 e. The van der Waals surface area contributed by atoms with Crippen LogP contribution in [0.1, 0.15) is 0 Å². The first-order valence-corrected chi connectivity index (χ1v) is 8.01. The number of aromatic amines is 1. The lowest BCUT2D eigenvalue weighted by atomic mass is 10.1. The number of nitrogens with zero attached hydrogens (tertiary/aromatic N) is 4. The van der Waals surface area contributed by atoms with Gasteiger partial charge in [0.1, 0.15) is 17.1 Å². The number of hydrogen-bond acceptors (Lipinski definition) is 4. The van der Waals surface area contributed by atoms with Crippen LogP contribution in [0.25, 0.3) is 22.2 Å². The summed E-state index contributed by atoms with van der Waals surface area (Å²) in [5, 5.41) is 5.25. The Balaban J connectivity index is 1.66. The quantitative estimate of drug-likeness (QED) is 0.617. The van der Waals surface area contributed by atoms with Crippen LogP contribution >= 0.6 is 0 Å². The molecule has 6 heteroatoms. The lowest BCUT2D eigenvalue weighted by Crippen LogP contribution is -2.07. The molecule has 3 heterocycles. The maximum absolute atomic E-state index is 5.97. The van der Waals surface area contributed by atoms with E-state index in [0.717, 1.165) is 33.6 Å². The smallest absolute Gasteiger partial charge is 0.146 e. The predicted molar refractivity (Wildman–Crippen MR) is 99.1 cm³/mol. The lowest BCUT2D eigenvalue weighted by Gasteiger charge is -2.13. The Hall–Kier alpha value is -3.28. The Morgan fingerprint density at radius 3 is 2.56 bits per heavy atom. The van der Waals surface area contributed by atoms with Gasteiger partial charge in [0.05, 0.1) is 12.4 Å². The summed E-state index contributed by atoms with van der Waals surface area (Å²) >= 11 is 0. The van der Waals surface area contributed by atoms with Crippen molar-refractivity contribution >= 4 is 16.7 Å². The molecule has 0 bridgehead atoms. The molecule has 0 aliphatic rings. The third-order valence-electron chi connectivity index (χ3n) is 4.11. The average Bonchev–Trinajstić information content (AvgIpc) is 3.21. The molecule has 1 aromatic carbocycles. The fourth-order valence-corrected chi connectivity index (χ4v) is 2.79. The van der Waals surface area contributed by atoms with Crippen LogP contribution in [0.3, 0.4) is 0 Å². The van der Waals surface area contributed by atoms with Gasteiger partial charge in [-0.3, -0.25) is 4.68 Å². The van der Waals surface area contributed by atoms with Crippen molar-refractivity contribution in [2.45, 2.75) is 0 Å². The molecule has 6 nitrogen and oxygen atoms in total. The molecule has 0 amide bonds. The third-order valence-corrected chi connectivity index (χ3v) is 4.11. The Morgan fingerprint density at radius 2 is 1.88 bits per heavy atom. The molecule has 0 radical (unpaired) electrons. The Morgan fingerprint density at radius 1 is 1.08 bits per heavy atom.